The standard InChI is InChI=1S/C6H6Cl6.Pt/c7-1-2(8)4(10)6(12)5(11)3(1)9;/h1-6H;. The molecule has 0 atom stereocenters. The zero-order valence-electron chi connectivity index (χ0n) is 6.05. The van der Waals surface area contributed by atoms with E-state index in [0.717, 1.165) is 0 Å². The molecule has 1 fully saturated rings. The summed E-state index contributed by atoms with van der Waals surface area (Å²) in [6.45, 7) is 0. The summed E-state index contributed by atoms with van der Waals surface area (Å²) in [6, 6.07) is 0. The maximum absolute atomic E-state index is 5.88. The monoisotopic (exact) mass is 483 g/mol. The van der Waals surface area contributed by atoms with Crippen LogP contribution in [-0.2, 0) is 21.1 Å². The SMILES string of the molecule is ClC1C(Cl)C(Cl)C(Cl)C(Cl)C1Cl.[Pt]. The third-order valence-corrected chi connectivity index (χ3v) is 5.86. The van der Waals surface area contributed by atoms with Gasteiger partial charge in [0.05, 0.1) is 32.3 Å². The Morgan fingerprint density at radius 3 is 0.538 bits per heavy atom. The van der Waals surface area contributed by atoms with Gasteiger partial charge in [0, 0.05) is 21.1 Å². The Bertz CT molecular complexity index is 109. The Morgan fingerprint density at radius 2 is 0.462 bits per heavy atom. The van der Waals surface area contributed by atoms with Crippen LogP contribution in [-0.4, -0.2) is 32.3 Å². The summed E-state index contributed by atoms with van der Waals surface area (Å²) in [5.74, 6) is 0. The number of hydrogen-bond acceptors (Lipinski definition) is 0. The van der Waals surface area contributed by atoms with E-state index in [0.29, 0.717) is 0 Å². The van der Waals surface area contributed by atoms with Crippen LogP contribution < -0.4 is 0 Å². The van der Waals surface area contributed by atoms with E-state index in [-0.39, 0.29) is 21.1 Å². The average Bonchev–Trinajstić information content (AvgIpc) is 2.08. The Kier molecular flexibility index (Phi) is 7.40. The molecule has 0 aromatic rings. The first-order valence-corrected chi connectivity index (χ1v) is 5.93. The van der Waals surface area contributed by atoms with E-state index in [4.69, 9.17) is 69.6 Å². The Hall–Kier alpha value is 2.43. The second-order valence-corrected chi connectivity index (χ2v) is 5.69. The predicted octanol–water partition coefficient (Wildman–Crippen LogP) is 3.64. The molecule has 0 heterocycles. The first-order valence-electron chi connectivity index (χ1n) is 3.31. The molecule has 0 aromatic heterocycles. The molecule has 0 aromatic carbocycles. The van der Waals surface area contributed by atoms with Crippen LogP contribution in [0.4, 0.5) is 0 Å². The molecule has 0 unspecified atom stereocenters. The van der Waals surface area contributed by atoms with Crippen molar-refractivity contribution in [1.82, 2.24) is 0 Å². The minimum absolute atomic E-state index is 0. The molecule has 1 aliphatic rings. The molecular formula is C6H6Cl6Pt. The number of alkyl halides is 6. The van der Waals surface area contributed by atoms with Gasteiger partial charge >= 0.3 is 0 Å². The fourth-order valence-corrected chi connectivity index (χ4v) is 3.38. The summed E-state index contributed by atoms with van der Waals surface area (Å²) < 4.78 is 0. The van der Waals surface area contributed by atoms with E-state index in [2.05, 4.69) is 0 Å². The molecule has 13 heavy (non-hydrogen) atoms. The van der Waals surface area contributed by atoms with Crippen molar-refractivity contribution in [3.8, 4) is 0 Å². The molecule has 0 spiro atoms. The van der Waals surface area contributed by atoms with Crippen LogP contribution in [0.2, 0.25) is 0 Å². The van der Waals surface area contributed by atoms with Gasteiger partial charge in [0.15, 0.2) is 0 Å². The van der Waals surface area contributed by atoms with Crippen LogP contribution in [0, 0.1) is 0 Å². The molecule has 7 heteroatoms. The molecule has 1 saturated carbocycles. The average molecular weight is 486 g/mol. The molecule has 0 aliphatic heterocycles. The van der Waals surface area contributed by atoms with Crippen LogP contribution in [0.1, 0.15) is 0 Å². The van der Waals surface area contributed by atoms with Gasteiger partial charge in [-0.15, -0.1) is 69.6 Å². The normalized spacial score (nSPS) is 51.2. The Labute approximate surface area is 122 Å². The van der Waals surface area contributed by atoms with E-state index in [1.54, 1.807) is 0 Å². The van der Waals surface area contributed by atoms with Gasteiger partial charge in [-0.05, 0) is 0 Å². The van der Waals surface area contributed by atoms with Crippen molar-refractivity contribution in [2.45, 2.75) is 32.3 Å². The summed E-state index contributed by atoms with van der Waals surface area (Å²) in [4.78, 5) is 0. The van der Waals surface area contributed by atoms with Gasteiger partial charge in [-0.25, -0.2) is 0 Å². The van der Waals surface area contributed by atoms with E-state index >= 15 is 0 Å². The van der Waals surface area contributed by atoms with Gasteiger partial charge in [-0.3, -0.25) is 0 Å². The molecular weight excluding hydrogens is 480 g/mol. The molecule has 0 N–H and O–H groups in total. The van der Waals surface area contributed by atoms with Crippen molar-refractivity contribution < 1.29 is 21.1 Å². The molecule has 0 saturated heterocycles. The first kappa shape index (κ1) is 15.4. The van der Waals surface area contributed by atoms with Crippen molar-refractivity contribution in [3.05, 3.63) is 0 Å². The number of hydrogen-bond donors (Lipinski definition) is 0. The van der Waals surface area contributed by atoms with Gasteiger partial charge in [-0.1, -0.05) is 0 Å². The van der Waals surface area contributed by atoms with Crippen molar-refractivity contribution in [1.29, 1.82) is 0 Å². The summed E-state index contributed by atoms with van der Waals surface area (Å²) in [7, 11) is 0. The van der Waals surface area contributed by atoms with Gasteiger partial charge in [0.2, 0.25) is 0 Å². The number of halogens is 6. The second kappa shape index (κ2) is 6.23. The predicted molar refractivity (Wildman–Crippen MR) is 57.8 cm³/mol. The third-order valence-electron chi connectivity index (χ3n) is 1.83. The van der Waals surface area contributed by atoms with E-state index in [1.165, 1.54) is 0 Å². The summed E-state index contributed by atoms with van der Waals surface area (Å²) >= 11 is 35.3. The minimum Gasteiger partial charge on any atom is -0.120 e. The largest absolute Gasteiger partial charge is 0.120 e. The van der Waals surface area contributed by atoms with Crippen LogP contribution in [0.25, 0.3) is 0 Å². The second-order valence-electron chi connectivity index (χ2n) is 2.67. The van der Waals surface area contributed by atoms with Crippen LogP contribution in [0.5, 0.6) is 0 Å². The minimum atomic E-state index is -0.437. The maximum atomic E-state index is 5.88. The fraction of sp³-hybridized carbons (Fsp3) is 1.00. The van der Waals surface area contributed by atoms with E-state index < -0.39 is 32.3 Å². The zero-order chi connectivity index (χ0) is 9.46. The van der Waals surface area contributed by atoms with Crippen molar-refractivity contribution in [3.63, 3.8) is 0 Å². The van der Waals surface area contributed by atoms with E-state index in [9.17, 15) is 0 Å². The summed E-state index contributed by atoms with van der Waals surface area (Å²) in [6.07, 6.45) is 0. The molecule has 0 bridgehead atoms. The molecule has 1 aliphatic carbocycles. The molecule has 0 amide bonds. The van der Waals surface area contributed by atoms with Crippen molar-refractivity contribution in [2.75, 3.05) is 0 Å². The summed E-state index contributed by atoms with van der Waals surface area (Å²) in [5.41, 5.74) is 0. The van der Waals surface area contributed by atoms with Crippen LogP contribution in [0.15, 0.2) is 0 Å². The zero-order valence-corrected chi connectivity index (χ0v) is 12.9. The summed E-state index contributed by atoms with van der Waals surface area (Å²) in [5, 5.41) is -2.62. The van der Waals surface area contributed by atoms with Crippen LogP contribution in [0.3, 0.4) is 0 Å². The van der Waals surface area contributed by atoms with Crippen molar-refractivity contribution in [2.24, 2.45) is 0 Å². The molecule has 82 valence electrons. The van der Waals surface area contributed by atoms with Gasteiger partial charge in [0.1, 0.15) is 0 Å². The molecule has 0 nitrogen and oxygen atoms in total. The Morgan fingerprint density at radius 1 is 0.385 bits per heavy atom. The molecule has 1 rings (SSSR count). The van der Waals surface area contributed by atoms with Crippen molar-refractivity contribution >= 4 is 69.6 Å². The fourth-order valence-electron chi connectivity index (χ4n) is 1.05. The first-order chi connectivity index (χ1) is 5.46. The van der Waals surface area contributed by atoms with Gasteiger partial charge in [0.25, 0.3) is 0 Å². The quantitative estimate of drug-likeness (QED) is 0.460. The van der Waals surface area contributed by atoms with Gasteiger partial charge in [-0.2, -0.15) is 0 Å². The molecule has 0 radical (unpaired) electrons. The smallest absolute Gasteiger partial charge is 0.0693 e. The Balaban J connectivity index is 0.00000144. The van der Waals surface area contributed by atoms with Crippen LogP contribution >= 0.6 is 69.6 Å². The third kappa shape index (κ3) is 3.19. The van der Waals surface area contributed by atoms with Gasteiger partial charge < -0.3 is 0 Å². The topological polar surface area (TPSA) is 0 Å². The maximum Gasteiger partial charge on any atom is 0.0693 e. The van der Waals surface area contributed by atoms with E-state index in [1.807, 2.05) is 0 Å². The number of rotatable bonds is 0.